The summed E-state index contributed by atoms with van der Waals surface area (Å²) in [5.41, 5.74) is 3.58. The molecule has 0 aliphatic carbocycles. The molecule has 7 nitrogen and oxygen atoms in total. The van der Waals surface area contributed by atoms with Crippen LogP contribution in [0.4, 0.5) is 10.5 Å². The van der Waals surface area contributed by atoms with Gasteiger partial charge in [0.15, 0.2) is 0 Å². The van der Waals surface area contributed by atoms with E-state index in [2.05, 4.69) is 51.4 Å². The summed E-state index contributed by atoms with van der Waals surface area (Å²) in [5.74, 6) is 0. The molecule has 122 valence electrons. The minimum atomic E-state index is -0.144. The molecule has 1 amide bonds. The monoisotopic (exact) mass is 322 g/mol. The van der Waals surface area contributed by atoms with Gasteiger partial charge in [0.1, 0.15) is 5.52 Å². The Morgan fingerprint density at radius 3 is 2.54 bits per heavy atom. The van der Waals surface area contributed by atoms with Crippen molar-refractivity contribution in [1.82, 2.24) is 24.9 Å². The Hall–Kier alpha value is -2.96. The maximum absolute atomic E-state index is 12.7. The summed E-state index contributed by atoms with van der Waals surface area (Å²) in [6.07, 6.45) is 1.65. The second-order valence-corrected chi connectivity index (χ2v) is 5.94. The number of piperazine rings is 1. The Balaban J connectivity index is 1.47. The van der Waals surface area contributed by atoms with Gasteiger partial charge in [-0.1, -0.05) is 22.9 Å². The molecule has 1 aliphatic heterocycles. The molecule has 24 heavy (non-hydrogen) atoms. The number of benzene rings is 1. The zero-order chi connectivity index (χ0) is 16.5. The van der Waals surface area contributed by atoms with Crippen molar-refractivity contribution in [3.05, 3.63) is 48.2 Å². The lowest BCUT2D eigenvalue weighted by Gasteiger charge is -2.35. The molecule has 1 saturated heterocycles. The summed E-state index contributed by atoms with van der Waals surface area (Å²) in [5, 5.41) is 7.91. The number of hydrogen-bond donors (Lipinski definition) is 0. The minimum absolute atomic E-state index is 0.144. The fraction of sp³-hybridized carbons (Fsp3) is 0.294. The van der Waals surface area contributed by atoms with E-state index in [4.69, 9.17) is 0 Å². The molecular formula is C17H18N6O. The van der Waals surface area contributed by atoms with Gasteiger partial charge in [-0.2, -0.15) is 4.68 Å². The van der Waals surface area contributed by atoms with Gasteiger partial charge in [0.05, 0.1) is 0 Å². The van der Waals surface area contributed by atoms with Crippen LogP contribution in [0.5, 0.6) is 0 Å². The SMILES string of the molecule is Cc1ccc(N2CCN(C(=O)n3nnc4ncccc43)CC2)cc1. The molecule has 4 rings (SSSR count). The maximum atomic E-state index is 12.7. The number of aromatic nitrogens is 4. The number of amides is 1. The van der Waals surface area contributed by atoms with Crippen LogP contribution >= 0.6 is 0 Å². The van der Waals surface area contributed by atoms with Crippen molar-refractivity contribution in [2.24, 2.45) is 0 Å². The van der Waals surface area contributed by atoms with Gasteiger partial charge in [-0.3, -0.25) is 0 Å². The number of hydrogen-bond acceptors (Lipinski definition) is 5. The first kappa shape index (κ1) is 14.6. The van der Waals surface area contributed by atoms with E-state index < -0.39 is 0 Å². The van der Waals surface area contributed by atoms with Crippen molar-refractivity contribution < 1.29 is 4.79 Å². The van der Waals surface area contributed by atoms with E-state index in [1.165, 1.54) is 15.9 Å². The van der Waals surface area contributed by atoms with Crippen molar-refractivity contribution in [3.63, 3.8) is 0 Å². The second-order valence-electron chi connectivity index (χ2n) is 5.94. The van der Waals surface area contributed by atoms with Gasteiger partial charge < -0.3 is 9.80 Å². The summed E-state index contributed by atoms with van der Waals surface area (Å²) in [6, 6.07) is 11.9. The lowest BCUT2D eigenvalue weighted by atomic mass is 10.2. The van der Waals surface area contributed by atoms with Crippen LogP contribution in [0.3, 0.4) is 0 Å². The maximum Gasteiger partial charge on any atom is 0.346 e. The van der Waals surface area contributed by atoms with E-state index in [9.17, 15) is 4.79 Å². The van der Waals surface area contributed by atoms with Crippen molar-refractivity contribution in [2.45, 2.75) is 6.92 Å². The van der Waals surface area contributed by atoms with Crippen LogP contribution in [0.15, 0.2) is 42.6 Å². The standard InChI is InChI=1S/C17H18N6O/c1-13-4-6-14(7-5-13)21-9-11-22(12-10-21)17(24)23-15-3-2-8-18-16(15)19-20-23/h2-8H,9-12H2,1H3. The van der Waals surface area contributed by atoms with E-state index in [-0.39, 0.29) is 6.03 Å². The number of carbonyl (C=O) groups is 1. The first-order chi connectivity index (χ1) is 11.7. The van der Waals surface area contributed by atoms with Crippen molar-refractivity contribution in [2.75, 3.05) is 31.1 Å². The summed E-state index contributed by atoms with van der Waals surface area (Å²) in [6.45, 7) is 5.01. The third kappa shape index (κ3) is 2.58. The molecule has 1 fully saturated rings. The molecule has 0 saturated carbocycles. The molecule has 0 N–H and O–H groups in total. The molecule has 0 radical (unpaired) electrons. The number of anilines is 1. The van der Waals surface area contributed by atoms with Crippen LogP contribution in [0.2, 0.25) is 0 Å². The lowest BCUT2D eigenvalue weighted by molar-refractivity contribution is 0.193. The fourth-order valence-corrected chi connectivity index (χ4v) is 2.95. The van der Waals surface area contributed by atoms with Gasteiger partial charge in [-0.05, 0) is 31.2 Å². The van der Waals surface area contributed by atoms with Crippen molar-refractivity contribution in [1.29, 1.82) is 0 Å². The van der Waals surface area contributed by atoms with E-state index in [1.54, 1.807) is 12.3 Å². The number of nitrogens with zero attached hydrogens (tertiary/aromatic N) is 6. The van der Waals surface area contributed by atoms with Crippen LogP contribution in [0.1, 0.15) is 5.56 Å². The Morgan fingerprint density at radius 1 is 1.04 bits per heavy atom. The molecule has 1 aromatic carbocycles. The Kier molecular flexibility index (Phi) is 3.60. The van der Waals surface area contributed by atoms with Crippen LogP contribution in [-0.2, 0) is 0 Å². The van der Waals surface area contributed by atoms with Crippen LogP contribution in [0.25, 0.3) is 11.2 Å². The quantitative estimate of drug-likeness (QED) is 0.685. The molecule has 3 heterocycles. The average Bonchev–Trinajstić information content (AvgIpc) is 3.06. The highest BCUT2D eigenvalue weighted by atomic mass is 16.2. The van der Waals surface area contributed by atoms with E-state index in [1.807, 2.05) is 11.0 Å². The fourth-order valence-electron chi connectivity index (χ4n) is 2.95. The molecule has 0 unspecified atom stereocenters. The highest BCUT2D eigenvalue weighted by Crippen LogP contribution is 2.18. The van der Waals surface area contributed by atoms with E-state index in [0.717, 1.165) is 13.1 Å². The Labute approximate surface area is 139 Å². The zero-order valence-electron chi connectivity index (χ0n) is 13.5. The summed E-state index contributed by atoms with van der Waals surface area (Å²) in [7, 11) is 0. The molecule has 7 heteroatoms. The normalized spacial score (nSPS) is 15.0. The smallest absolute Gasteiger partial charge is 0.346 e. The predicted molar refractivity (Wildman–Crippen MR) is 91.1 cm³/mol. The first-order valence-electron chi connectivity index (χ1n) is 8.00. The van der Waals surface area contributed by atoms with Gasteiger partial charge in [0.25, 0.3) is 0 Å². The minimum Gasteiger partial charge on any atom is -0.368 e. The van der Waals surface area contributed by atoms with Crippen LogP contribution in [-0.4, -0.2) is 57.1 Å². The van der Waals surface area contributed by atoms with Crippen LogP contribution in [0, 0.1) is 6.92 Å². The van der Waals surface area contributed by atoms with Gasteiger partial charge in [0.2, 0.25) is 5.65 Å². The molecule has 3 aromatic rings. The molecule has 1 aliphatic rings. The van der Waals surface area contributed by atoms with Crippen LogP contribution < -0.4 is 4.90 Å². The zero-order valence-corrected chi connectivity index (χ0v) is 13.5. The predicted octanol–water partition coefficient (Wildman–Crippen LogP) is 1.93. The van der Waals surface area contributed by atoms with E-state index >= 15 is 0 Å². The number of pyridine rings is 1. The molecule has 2 aromatic heterocycles. The molecule has 0 bridgehead atoms. The molecular weight excluding hydrogens is 304 g/mol. The van der Waals surface area contributed by atoms with E-state index in [0.29, 0.717) is 24.3 Å². The third-order valence-corrected chi connectivity index (χ3v) is 4.35. The Bertz CT molecular complexity index is 864. The molecule has 0 spiro atoms. The third-order valence-electron chi connectivity index (χ3n) is 4.35. The van der Waals surface area contributed by atoms with Gasteiger partial charge >= 0.3 is 6.03 Å². The number of carbonyl (C=O) groups excluding carboxylic acids is 1. The highest BCUT2D eigenvalue weighted by Gasteiger charge is 2.24. The van der Waals surface area contributed by atoms with Gasteiger partial charge in [-0.15, -0.1) is 5.10 Å². The second kappa shape index (κ2) is 5.92. The van der Waals surface area contributed by atoms with Gasteiger partial charge in [0, 0.05) is 38.1 Å². The Morgan fingerprint density at radius 2 is 1.79 bits per heavy atom. The highest BCUT2D eigenvalue weighted by molar-refractivity contribution is 5.86. The largest absolute Gasteiger partial charge is 0.368 e. The van der Waals surface area contributed by atoms with Crippen molar-refractivity contribution in [3.8, 4) is 0 Å². The van der Waals surface area contributed by atoms with Crippen molar-refractivity contribution >= 4 is 22.9 Å². The summed E-state index contributed by atoms with van der Waals surface area (Å²) >= 11 is 0. The average molecular weight is 322 g/mol. The summed E-state index contributed by atoms with van der Waals surface area (Å²) < 4.78 is 1.34. The number of aryl methyl sites for hydroxylation is 1. The summed E-state index contributed by atoms with van der Waals surface area (Å²) in [4.78, 5) is 20.9. The molecule has 0 atom stereocenters. The van der Waals surface area contributed by atoms with Gasteiger partial charge in [-0.25, -0.2) is 9.78 Å². The number of fused-ring (bicyclic) bond motifs is 1. The topological polar surface area (TPSA) is 67.2 Å². The first-order valence-corrected chi connectivity index (χ1v) is 8.00. The number of rotatable bonds is 1. The lowest BCUT2D eigenvalue weighted by Crippen LogP contribution is -2.50.